The van der Waals surface area contributed by atoms with Crippen molar-refractivity contribution >= 4 is 11.8 Å². The zero-order valence-electron chi connectivity index (χ0n) is 16.3. The van der Waals surface area contributed by atoms with Gasteiger partial charge in [0.15, 0.2) is 23.0 Å². The van der Waals surface area contributed by atoms with E-state index in [1.165, 1.54) is 31.5 Å². The highest BCUT2D eigenvalue weighted by Crippen LogP contribution is 2.29. The van der Waals surface area contributed by atoms with Gasteiger partial charge in [-0.25, -0.2) is 9.37 Å². The number of pyridine rings is 1. The number of ether oxygens (including phenoxy) is 2. The normalized spacial score (nSPS) is 14.0. The molecule has 0 amide bonds. The van der Waals surface area contributed by atoms with Crippen LogP contribution in [0.4, 0.5) is 4.39 Å². The molecular formula is C21H24FNO5. The maximum atomic E-state index is 13.1. The fraction of sp³-hybridized carbons (Fsp3) is 0.381. The molecule has 1 aromatic carbocycles. The molecule has 3 atom stereocenters. The Morgan fingerprint density at radius 3 is 2.39 bits per heavy atom. The number of methoxy groups -OCH3 is 1. The molecule has 7 heteroatoms. The summed E-state index contributed by atoms with van der Waals surface area (Å²) in [4.78, 5) is 28.6. The van der Waals surface area contributed by atoms with E-state index in [1.54, 1.807) is 26.0 Å². The van der Waals surface area contributed by atoms with E-state index < -0.39 is 23.8 Å². The Morgan fingerprint density at radius 1 is 1.14 bits per heavy atom. The van der Waals surface area contributed by atoms with Crippen molar-refractivity contribution in [3.8, 4) is 11.5 Å². The van der Waals surface area contributed by atoms with Crippen LogP contribution in [0.2, 0.25) is 0 Å². The Labute approximate surface area is 163 Å². The Kier molecular flexibility index (Phi) is 7.09. The SMILES string of the molecule is COc1ccnc(C(=O)C[C@@H](C)C(=O)O[C@H](C)[C@H](C)c2ccc(F)cc2)c1O. The van der Waals surface area contributed by atoms with Crippen molar-refractivity contribution in [1.29, 1.82) is 0 Å². The van der Waals surface area contributed by atoms with E-state index in [9.17, 15) is 19.1 Å². The molecule has 0 saturated heterocycles. The van der Waals surface area contributed by atoms with Crippen molar-refractivity contribution < 1.29 is 28.6 Å². The fourth-order valence-electron chi connectivity index (χ4n) is 2.70. The molecule has 0 radical (unpaired) electrons. The predicted octanol–water partition coefficient (Wildman–Crippen LogP) is 3.88. The van der Waals surface area contributed by atoms with Crippen LogP contribution in [0.25, 0.3) is 0 Å². The van der Waals surface area contributed by atoms with Gasteiger partial charge in [0.1, 0.15) is 11.9 Å². The Balaban J connectivity index is 1.98. The van der Waals surface area contributed by atoms with Gasteiger partial charge in [0.25, 0.3) is 0 Å². The Morgan fingerprint density at radius 2 is 1.79 bits per heavy atom. The van der Waals surface area contributed by atoms with E-state index in [0.717, 1.165) is 5.56 Å². The third-order valence-electron chi connectivity index (χ3n) is 4.67. The summed E-state index contributed by atoms with van der Waals surface area (Å²) < 4.78 is 23.5. The first-order chi connectivity index (χ1) is 13.2. The maximum absolute atomic E-state index is 13.1. The summed E-state index contributed by atoms with van der Waals surface area (Å²) >= 11 is 0. The number of aromatic nitrogens is 1. The van der Waals surface area contributed by atoms with E-state index in [1.807, 2.05) is 6.92 Å². The van der Waals surface area contributed by atoms with Gasteiger partial charge in [0, 0.05) is 24.6 Å². The fourth-order valence-corrected chi connectivity index (χ4v) is 2.70. The summed E-state index contributed by atoms with van der Waals surface area (Å²) in [6, 6.07) is 7.44. The van der Waals surface area contributed by atoms with Crippen molar-refractivity contribution in [2.75, 3.05) is 7.11 Å². The Hall–Kier alpha value is -2.96. The number of hydrogen-bond donors (Lipinski definition) is 1. The summed E-state index contributed by atoms with van der Waals surface area (Å²) in [5.74, 6) is -2.43. The van der Waals surface area contributed by atoms with Crippen molar-refractivity contribution in [2.24, 2.45) is 5.92 Å². The zero-order chi connectivity index (χ0) is 20.8. The topological polar surface area (TPSA) is 85.7 Å². The highest BCUT2D eigenvalue weighted by atomic mass is 19.1. The van der Waals surface area contributed by atoms with Crippen LogP contribution in [0.5, 0.6) is 11.5 Å². The molecule has 2 aromatic rings. The molecule has 0 fully saturated rings. The van der Waals surface area contributed by atoms with Crippen LogP contribution in [0.15, 0.2) is 36.5 Å². The van der Waals surface area contributed by atoms with E-state index in [-0.39, 0.29) is 35.3 Å². The third-order valence-corrected chi connectivity index (χ3v) is 4.67. The number of ketones is 1. The standard InChI is InChI=1S/C21H24FNO5/c1-12(11-17(24)19-20(25)18(27-4)9-10-23-19)21(26)28-14(3)13(2)15-5-7-16(22)8-6-15/h5-10,12-14,25H,11H2,1-4H3/t12-,13+,14-/m1/s1. The van der Waals surface area contributed by atoms with E-state index >= 15 is 0 Å². The van der Waals surface area contributed by atoms with Gasteiger partial charge in [-0.2, -0.15) is 0 Å². The third kappa shape index (κ3) is 5.06. The highest BCUT2D eigenvalue weighted by Gasteiger charge is 2.26. The lowest BCUT2D eigenvalue weighted by Crippen LogP contribution is -2.26. The average Bonchev–Trinajstić information content (AvgIpc) is 2.67. The minimum Gasteiger partial charge on any atom is -0.503 e. The number of carbonyl (C=O) groups excluding carboxylic acids is 2. The second-order valence-electron chi connectivity index (χ2n) is 6.72. The minimum atomic E-state index is -0.720. The molecule has 150 valence electrons. The minimum absolute atomic E-state index is 0.135. The van der Waals surface area contributed by atoms with Gasteiger partial charge in [-0.05, 0) is 24.6 Å². The maximum Gasteiger partial charge on any atom is 0.309 e. The number of carbonyl (C=O) groups is 2. The number of nitrogens with zero attached hydrogens (tertiary/aromatic N) is 1. The van der Waals surface area contributed by atoms with Crippen LogP contribution < -0.4 is 4.74 Å². The molecule has 1 heterocycles. The summed E-state index contributed by atoms with van der Waals surface area (Å²) in [6.45, 7) is 5.20. The van der Waals surface area contributed by atoms with Crippen molar-refractivity contribution in [1.82, 2.24) is 4.98 Å². The van der Waals surface area contributed by atoms with Crippen molar-refractivity contribution in [2.45, 2.75) is 39.2 Å². The first-order valence-corrected chi connectivity index (χ1v) is 8.95. The molecule has 1 N–H and O–H groups in total. The van der Waals surface area contributed by atoms with Crippen LogP contribution >= 0.6 is 0 Å². The second-order valence-corrected chi connectivity index (χ2v) is 6.72. The van der Waals surface area contributed by atoms with Crippen LogP contribution in [0.3, 0.4) is 0 Å². The first kappa shape index (κ1) is 21.3. The number of aromatic hydroxyl groups is 1. The van der Waals surface area contributed by atoms with Gasteiger partial charge < -0.3 is 14.6 Å². The number of benzene rings is 1. The number of rotatable bonds is 8. The van der Waals surface area contributed by atoms with Crippen molar-refractivity contribution in [3.05, 3.63) is 53.6 Å². The van der Waals surface area contributed by atoms with Crippen LogP contribution in [-0.4, -0.2) is 35.1 Å². The lowest BCUT2D eigenvalue weighted by Gasteiger charge is -2.22. The molecule has 0 aliphatic carbocycles. The number of halogens is 1. The molecule has 0 unspecified atom stereocenters. The molecule has 0 aliphatic heterocycles. The van der Waals surface area contributed by atoms with Crippen LogP contribution in [-0.2, 0) is 9.53 Å². The highest BCUT2D eigenvalue weighted by molar-refractivity contribution is 5.99. The molecule has 0 aliphatic rings. The number of hydrogen-bond acceptors (Lipinski definition) is 6. The van der Waals surface area contributed by atoms with Crippen molar-refractivity contribution in [3.63, 3.8) is 0 Å². The lowest BCUT2D eigenvalue weighted by atomic mass is 9.96. The van der Waals surface area contributed by atoms with Gasteiger partial charge in [0.2, 0.25) is 0 Å². The monoisotopic (exact) mass is 389 g/mol. The molecule has 1 aromatic heterocycles. The quantitative estimate of drug-likeness (QED) is 0.545. The predicted molar refractivity (Wildman–Crippen MR) is 101 cm³/mol. The first-order valence-electron chi connectivity index (χ1n) is 8.95. The molecule has 28 heavy (non-hydrogen) atoms. The smallest absolute Gasteiger partial charge is 0.309 e. The van der Waals surface area contributed by atoms with Gasteiger partial charge in [0.05, 0.1) is 13.0 Å². The van der Waals surface area contributed by atoms with Gasteiger partial charge >= 0.3 is 5.97 Å². The van der Waals surface area contributed by atoms with Crippen LogP contribution in [0.1, 0.15) is 49.2 Å². The van der Waals surface area contributed by atoms with Gasteiger partial charge in [-0.3, -0.25) is 9.59 Å². The average molecular weight is 389 g/mol. The molecule has 2 rings (SSSR count). The van der Waals surface area contributed by atoms with E-state index in [0.29, 0.717) is 0 Å². The van der Waals surface area contributed by atoms with Gasteiger partial charge in [-0.15, -0.1) is 0 Å². The molecule has 0 bridgehead atoms. The molecule has 0 spiro atoms. The number of Topliss-reactive ketones (excluding diaryl/α,β-unsaturated/α-hetero) is 1. The molecule has 0 saturated carbocycles. The molecule has 6 nitrogen and oxygen atoms in total. The zero-order valence-corrected chi connectivity index (χ0v) is 16.3. The lowest BCUT2D eigenvalue weighted by molar-refractivity contribution is -0.153. The van der Waals surface area contributed by atoms with E-state index in [4.69, 9.17) is 9.47 Å². The summed E-state index contributed by atoms with van der Waals surface area (Å²) in [5.41, 5.74) is 0.697. The summed E-state index contributed by atoms with van der Waals surface area (Å²) in [7, 11) is 1.37. The number of esters is 1. The summed E-state index contributed by atoms with van der Waals surface area (Å²) in [6.07, 6.45) is 0.727. The summed E-state index contributed by atoms with van der Waals surface area (Å²) in [5, 5.41) is 10.0. The largest absolute Gasteiger partial charge is 0.503 e. The second kappa shape index (κ2) is 9.30. The Bertz CT molecular complexity index is 837. The van der Waals surface area contributed by atoms with Gasteiger partial charge in [-0.1, -0.05) is 26.0 Å². The van der Waals surface area contributed by atoms with E-state index in [2.05, 4.69) is 4.98 Å². The van der Waals surface area contributed by atoms with Crippen LogP contribution in [0, 0.1) is 11.7 Å². The molecular weight excluding hydrogens is 365 g/mol.